The molecule has 0 aliphatic rings. The van der Waals surface area contributed by atoms with Crippen LogP contribution in [0.25, 0.3) is 5.03 Å². The highest BCUT2D eigenvalue weighted by molar-refractivity contribution is 7.12. The van der Waals surface area contributed by atoms with Crippen LogP contribution in [0.5, 0.6) is 0 Å². The molecule has 0 atom stereocenters. The summed E-state index contributed by atoms with van der Waals surface area (Å²) in [5.41, 5.74) is 0.810. The van der Waals surface area contributed by atoms with Crippen molar-refractivity contribution >= 4 is 40.4 Å². The number of halogens is 1. The summed E-state index contributed by atoms with van der Waals surface area (Å²) < 4.78 is 0. The number of nitrogens with zero attached hydrogens (tertiary/aromatic N) is 1. The molecule has 52 valence electrons. The first-order valence-electron chi connectivity index (χ1n) is 2.64. The van der Waals surface area contributed by atoms with Gasteiger partial charge in [0.25, 0.3) is 0 Å². The van der Waals surface area contributed by atoms with E-state index in [0.717, 1.165) is 10.6 Å². The first-order chi connectivity index (χ1) is 4.75. The summed E-state index contributed by atoms with van der Waals surface area (Å²) in [5, 5.41) is 2.44. The summed E-state index contributed by atoms with van der Waals surface area (Å²) in [7, 11) is 0. The Morgan fingerprint density at radius 1 is 1.70 bits per heavy atom. The van der Waals surface area contributed by atoms with Crippen LogP contribution in [-0.4, -0.2) is 6.72 Å². The Balaban J connectivity index is 3.13. The fraction of sp³-hybridized carbons (Fsp3) is 0. The van der Waals surface area contributed by atoms with Crippen molar-refractivity contribution in [2.45, 2.75) is 0 Å². The molecule has 0 amide bonds. The molecule has 0 saturated carbocycles. The van der Waals surface area contributed by atoms with Gasteiger partial charge in [-0.2, -0.15) is 0 Å². The Labute approximate surface area is 68.7 Å². The molecule has 1 aromatic heterocycles. The summed E-state index contributed by atoms with van der Waals surface area (Å²) in [6.07, 6.45) is 0. The second kappa shape index (κ2) is 2.99. The lowest BCUT2D eigenvalue weighted by Gasteiger charge is -1.91. The van der Waals surface area contributed by atoms with E-state index in [9.17, 15) is 0 Å². The maximum Gasteiger partial charge on any atom is 0.0817 e. The second-order valence-electron chi connectivity index (χ2n) is 1.70. The molecule has 0 spiro atoms. The molecular formula is C7H6ClNS. The van der Waals surface area contributed by atoms with Gasteiger partial charge in [0.1, 0.15) is 0 Å². The molecule has 10 heavy (non-hydrogen) atoms. The van der Waals surface area contributed by atoms with Crippen molar-refractivity contribution in [3.05, 3.63) is 22.9 Å². The molecule has 0 N–H and O–H groups in total. The van der Waals surface area contributed by atoms with E-state index in [1.54, 1.807) is 0 Å². The molecule has 0 aliphatic heterocycles. The molecular weight excluding hydrogens is 166 g/mol. The average Bonchev–Trinajstić information content (AvgIpc) is 2.33. The molecule has 0 unspecified atom stereocenters. The molecule has 1 nitrogen and oxygen atoms in total. The van der Waals surface area contributed by atoms with E-state index in [2.05, 4.69) is 18.3 Å². The highest BCUT2D eigenvalue weighted by Crippen LogP contribution is 2.32. The third kappa shape index (κ3) is 1.28. The lowest BCUT2D eigenvalue weighted by molar-refractivity contribution is 1.61. The van der Waals surface area contributed by atoms with Crippen LogP contribution in [0, 0.1) is 0 Å². The van der Waals surface area contributed by atoms with Crippen LogP contribution in [-0.2, 0) is 0 Å². The monoisotopic (exact) mass is 171 g/mol. The zero-order chi connectivity index (χ0) is 7.56. The zero-order valence-electron chi connectivity index (χ0n) is 5.30. The van der Waals surface area contributed by atoms with Gasteiger partial charge in [-0.05, 0) is 18.2 Å². The number of aliphatic imine (C=N–C) groups is 1. The summed E-state index contributed by atoms with van der Waals surface area (Å²) >= 11 is 7.17. The van der Waals surface area contributed by atoms with E-state index < -0.39 is 0 Å². The quantitative estimate of drug-likeness (QED) is 0.606. The maximum absolute atomic E-state index is 5.66. The first kappa shape index (κ1) is 7.51. The number of thiophene rings is 1. The molecule has 1 rings (SSSR count). The standard InChI is InChI=1S/C7H6ClNS/c1-5(8)7-6(9-2)3-4-10-7/h3-4H,1-2H2. The summed E-state index contributed by atoms with van der Waals surface area (Å²) in [5.74, 6) is 0. The second-order valence-corrected chi connectivity index (χ2v) is 3.07. The topological polar surface area (TPSA) is 12.4 Å². The van der Waals surface area contributed by atoms with Gasteiger partial charge in [0.05, 0.1) is 15.6 Å². The fourth-order valence-corrected chi connectivity index (χ4v) is 1.57. The van der Waals surface area contributed by atoms with Gasteiger partial charge < -0.3 is 0 Å². The van der Waals surface area contributed by atoms with Crippen molar-refractivity contribution in [3.63, 3.8) is 0 Å². The van der Waals surface area contributed by atoms with E-state index in [-0.39, 0.29) is 0 Å². The molecule has 0 aromatic carbocycles. The van der Waals surface area contributed by atoms with E-state index in [1.807, 2.05) is 11.4 Å². The highest BCUT2D eigenvalue weighted by Gasteiger charge is 2.02. The Hall–Kier alpha value is -0.600. The molecule has 1 heterocycles. The van der Waals surface area contributed by atoms with Crippen LogP contribution in [0.2, 0.25) is 0 Å². The lowest BCUT2D eigenvalue weighted by Crippen LogP contribution is -1.64. The molecule has 3 heteroatoms. The summed E-state index contributed by atoms with van der Waals surface area (Å²) in [4.78, 5) is 4.67. The SMILES string of the molecule is C=Nc1ccsc1C(=C)Cl. The molecule has 0 bridgehead atoms. The smallest absolute Gasteiger partial charge is 0.0817 e. The van der Waals surface area contributed by atoms with Gasteiger partial charge in [-0.1, -0.05) is 18.2 Å². The number of rotatable bonds is 2. The van der Waals surface area contributed by atoms with Crippen molar-refractivity contribution < 1.29 is 0 Å². The largest absolute Gasteiger partial charge is 0.263 e. The van der Waals surface area contributed by atoms with Crippen LogP contribution >= 0.6 is 22.9 Å². The maximum atomic E-state index is 5.66. The van der Waals surface area contributed by atoms with Gasteiger partial charge in [-0.3, -0.25) is 4.99 Å². The molecule has 0 aliphatic carbocycles. The van der Waals surface area contributed by atoms with Crippen molar-refractivity contribution in [2.24, 2.45) is 4.99 Å². The van der Waals surface area contributed by atoms with Crippen LogP contribution in [0.3, 0.4) is 0 Å². The van der Waals surface area contributed by atoms with Crippen LogP contribution in [0.4, 0.5) is 5.69 Å². The van der Waals surface area contributed by atoms with E-state index in [4.69, 9.17) is 11.6 Å². The van der Waals surface area contributed by atoms with Crippen LogP contribution in [0.1, 0.15) is 4.88 Å². The molecule has 0 fully saturated rings. The molecule has 0 saturated heterocycles. The van der Waals surface area contributed by atoms with Gasteiger partial charge in [0, 0.05) is 0 Å². The predicted octanol–water partition coefficient (Wildman–Crippen LogP) is 3.29. The minimum Gasteiger partial charge on any atom is -0.263 e. The number of hydrogen-bond acceptors (Lipinski definition) is 2. The van der Waals surface area contributed by atoms with Gasteiger partial charge in [-0.25, -0.2) is 0 Å². The Kier molecular flexibility index (Phi) is 2.25. The fourth-order valence-electron chi connectivity index (χ4n) is 0.630. The minimum absolute atomic E-state index is 0.525. The molecule has 1 aromatic rings. The lowest BCUT2D eigenvalue weighted by atomic mass is 10.4. The normalized spacial score (nSPS) is 9.30. The Morgan fingerprint density at radius 2 is 2.40 bits per heavy atom. The average molecular weight is 172 g/mol. The Bertz CT molecular complexity index is 264. The van der Waals surface area contributed by atoms with E-state index in [0.29, 0.717) is 5.03 Å². The zero-order valence-corrected chi connectivity index (χ0v) is 6.87. The van der Waals surface area contributed by atoms with Crippen molar-refractivity contribution in [1.29, 1.82) is 0 Å². The van der Waals surface area contributed by atoms with Crippen molar-refractivity contribution in [1.82, 2.24) is 0 Å². The summed E-state index contributed by atoms with van der Waals surface area (Å²) in [6.45, 7) is 7.00. The number of hydrogen-bond donors (Lipinski definition) is 0. The van der Waals surface area contributed by atoms with Gasteiger partial charge in [0.2, 0.25) is 0 Å². The van der Waals surface area contributed by atoms with E-state index >= 15 is 0 Å². The van der Waals surface area contributed by atoms with Gasteiger partial charge in [0.15, 0.2) is 0 Å². The predicted molar refractivity (Wildman–Crippen MR) is 48.4 cm³/mol. The third-order valence-electron chi connectivity index (χ3n) is 1.06. The highest BCUT2D eigenvalue weighted by atomic mass is 35.5. The first-order valence-corrected chi connectivity index (χ1v) is 3.90. The van der Waals surface area contributed by atoms with Gasteiger partial charge >= 0.3 is 0 Å². The van der Waals surface area contributed by atoms with Crippen molar-refractivity contribution in [2.75, 3.05) is 0 Å². The summed E-state index contributed by atoms with van der Waals surface area (Å²) in [6, 6.07) is 1.86. The van der Waals surface area contributed by atoms with E-state index in [1.165, 1.54) is 11.3 Å². The van der Waals surface area contributed by atoms with Crippen LogP contribution in [0.15, 0.2) is 23.0 Å². The van der Waals surface area contributed by atoms with Crippen LogP contribution < -0.4 is 0 Å². The van der Waals surface area contributed by atoms with Crippen molar-refractivity contribution in [3.8, 4) is 0 Å². The van der Waals surface area contributed by atoms with Gasteiger partial charge in [-0.15, -0.1) is 11.3 Å². The Morgan fingerprint density at radius 3 is 2.80 bits per heavy atom. The minimum atomic E-state index is 0.525. The third-order valence-corrected chi connectivity index (χ3v) is 2.33. The molecule has 0 radical (unpaired) electrons.